The van der Waals surface area contributed by atoms with Gasteiger partial charge in [-0.3, -0.25) is 0 Å². The van der Waals surface area contributed by atoms with Gasteiger partial charge in [-0.25, -0.2) is 0 Å². The summed E-state index contributed by atoms with van der Waals surface area (Å²) in [6, 6.07) is 0. The van der Waals surface area contributed by atoms with Crippen LogP contribution in [0.15, 0.2) is 0 Å². The molecule has 0 saturated heterocycles. The molecule has 4 saturated carbocycles. The molecular weight excluding hydrogens is 204 g/mol. The lowest BCUT2D eigenvalue weighted by Gasteiger charge is -2.56. The van der Waals surface area contributed by atoms with Crippen molar-refractivity contribution in [1.29, 1.82) is 0 Å². The van der Waals surface area contributed by atoms with E-state index in [1.165, 1.54) is 12.8 Å². The van der Waals surface area contributed by atoms with Crippen molar-refractivity contribution in [3.8, 4) is 0 Å². The molecule has 4 aliphatic rings. The second-order valence-corrected chi connectivity index (χ2v) is 8.42. The lowest BCUT2D eigenvalue weighted by atomic mass is 9.50. The standard InChI is InChI=1S/C17H30/c1-16(2,3)14-8-10-17(11-9-14)12-13-4-6-15(17)7-5-13/h13-15H,4-12H2,1-3H3. The summed E-state index contributed by atoms with van der Waals surface area (Å²) in [5, 5.41) is 0. The van der Waals surface area contributed by atoms with Gasteiger partial charge in [0.2, 0.25) is 0 Å². The number of fused-ring (bicyclic) bond motifs is 2. The molecule has 0 radical (unpaired) electrons. The van der Waals surface area contributed by atoms with Crippen LogP contribution in [0.4, 0.5) is 0 Å². The van der Waals surface area contributed by atoms with E-state index in [9.17, 15) is 0 Å². The van der Waals surface area contributed by atoms with E-state index >= 15 is 0 Å². The van der Waals surface area contributed by atoms with Crippen molar-refractivity contribution in [2.24, 2.45) is 28.6 Å². The third-order valence-electron chi connectivity index (χ3n) is 6.61. The minimum atomic E-state index is 0.551. The molecule has 4 aliphatic carbocycles. The second kappa shape index (κ2) is 4.00. The van der Waals surface area contributed by atoms with E-state index in [0.29, 0.717) is 5.41 Å². The lowest BCUT2D eigenvalue weighted by Crippen LogP contribution is -2.45. The molecular formula is C17H30. The van der Waals surface area contributed by atoms with E-state index in [1.807, 2.05) is 0 Å². The summed E-state index contributed by atoms with van der Waals surface area (Å²) in [7, 11) is 0. The highest BCUT2D eigenvalue weighted by atomic mass is 14.5. The maximum atomic E-state index is 2.45. The first-order valence-electron chi connectivity index (χ1n) is 8.00. The lowest BCUT2D eigenvalue weighted by molar-refractivity contribution is -0.0489. The minimum absolute atomic E-state index is 0.551. The largest absolute Gasteiger partial charge is 0.0599 e. The maximum Gasteiger partial charge on any atom is -0.0266 e. The van der Waals surface area contributed by atoms with Crippen molar-refractivity contribution in [2.45, 2.75) is 78.6 Å². The van der Waals surface area contributed by atoms with Gasteiger partial charge in [-0.2, -0.15) is 0 Å². The third kappa shape index (κ3) is 2.06. The quantitative estimate of drug-likeness (QED) is 0.525. The third-order valence-corrected chi connectivity index (χ3v) is 6.61. The van der Waals surface area contributed by atoms with Crippen molar-refractivity contribution >= 4 is 0 Å². The van der Waals surface area contributed by atoms with Crippen molar-refractivity contribution in [2.75, 3.05) is 0 Å². The first-order chi connectivity index (χ1) is 8.00. The Balaban J connectivity index is 1.68. The summed E-state index contributed by atoms with van der Waals surface area (Å²) in [5.41, 5.74) is 1.37. The van der Waals surface area contributed by atoms with Crippen LogP contribution in [0, 0.1) is 28.6 Å². The molecule has 1 spiro atoms. The van der Waals surface area contributed by atoms with Crippen LogP contribution < -0.4 is 0 Å². The van der Waals surface area contributed by atoms with Gasteiger partial charge in [-0.1, -0.05) is 33.6 Å². The Kier molecular flexibility index (Phi) is 2.84. The van der Waals surface area contributed by atoms with Crippen LogP contribution in [0.1, 0.15) is 78.6 Å². The van der Waals surface area contributed by atoms with Crippen LogP contribution in [-0.2, 0) is 0 Å². The summed E-state index contributed by atoms with van der Waals surface area (Å²) >= 11 is 0. The van der Waals surface area contributed by atoms with Gasteiger partial charge < -0.3 is 0 Å². The van der Waals surface area contributed by atoms with Crippen LogP contribution >= 0.6 is 0 Å². The Bertz CT molecular complexity index is 267. The first-order valence-corrected chi connectivity index (χ1v) is 8.00. The molecule has 0 heteroatoms. The summed E-state index contributed by atoms with van der Waals surface area (Å²) in [4.78, 5) is 0. The number of hydrogen-bond acceptors (Lipinski definition) is 0. The Morgan fingerprint density at radius 1 is 0.824 bits per heavy atom. The molecule has 0 aromatic rings. The highest BCUT2D eigenvalue weighted by Gasteiger charge is 2.49. The van der Waals surface area contributed by atoms with Gasteiger partial charge in [0.1, 0.15) is 0 Å². The van der Waals surface area contributed by atoms with E-state index in [2.05, 4.69) is 20.8 Å². The van der Waals surface area contributed by atoms with Gasteiger partial charge in [0, 0.05) is 0 Å². The second-order valence-electron chi connectivity index (χ2n) is 8.42. The molecule has 0 N–H and O–H groups in total. The summed E-state index contributed by atoms with van der Waals surface area (Å²) in [6.45, 7) is 7.34. The van der Waals surface area contributed by atoms with Crippen LogP contribution in [0.2, 0.25) is 0 Å². The zero-order valence-electron chi connectivity index (χ0n) is 12.1. The average molecular weight is 234 g/mol. The normalized spacial score (nSPS) is 46.4. The minimum Gasteiger partial charge on any atom is -0.0599 e. The molecule has 0 amide bonds. The Morgan fingerprint density at radius 3 is 1.82 bits per heavy atom. The van der Waals surface area contributed by atoms with Gasteiger partial charge in [-0.15, -0.1) is 0 Å². The molecule has 0 heterocycles. The Morgan fingerprint density at radius 2 is 1.41 bits per heavy atom. The van der Waals surface area contributed by atoms with Crippen LogP contribution in [0.5, 0.6) is 0 Å². The number of hydrogen-bond donors (Lipinski definition) is 0. The highest BCUT2D eigenvalue weighted by molar-refractivity contribution is 5.00. The van der Waals surface area contributed by atoms with E-state index in [0.717, 1.165) is 23.2 Å². The summed E-state index contributed by atoms with van der Waals surface area (Å²) in [6.07, 6.45) is 14.1. The monoisotopic (exact) mass is 234 g/mol. The van der Waals surface area contributed by atoms with Crippen LogP contribution in [-0.4, -0.2) is 0 Å². The van der Waals surface area contributed by atoms with E-state index in [4.69, 9.17) is 0 Å². The first kappa shape index (κ1) is 12.1. The topological polar surface area (TPSA) is 0 Å². The zero-order valence-corrected chi connectivity index (χ0v) is 12.1. The molecule has 0 aliphatic heterocycles. The molecule has 4 fully saturated rings. The van der Waals surface area contributed by atoms with Gasteiger partial charge in [0.15, 0.2) is 0 Å². The summed E-state index contributed by atoms with van der Waals surface area (Å²) < 4.78 is 0. The molecule has 0 nitrogen and oxygen atoms in total. The molecule has 98 valence electrons. The Hall–Kier alpha value is 0. The highest BCUT2D eigenvalue weighted by Crippen LogP contribution is 2.60. The fourth-order valence-electron chi connectivity index (χ4n) is 5.39. The fourth-order valence-corrected chi connectivity index (χ4v) is 5.39. The summed E-state index contributed by atoms with van der Waals surface area (Å²) in [5.74, 6) is 3.23. The van der Waals surface area contributed by atoms with Gasteiger partial charge in [0.05, 0.1) is 0 Å². The predicted molar refractivity (Wildman–Crippen MR) is 73.9 cm³/mol. The van der Waals surface area contributed by atoms with Crippen molar-refractivity contribution in [3.63, 3.8) is 0 Å². The van der Waals surface area contributed by atoms with Crippen molar-refractivity contribution < 1.29 is 0 Å². The average Bonchev–Trinajstić information content (AvgIpc) is 2.29. The molecule has 0 aromatic carbocycles. The SMILES string of the molecule is CC(C)(C)C1CCC2(CC1)CC1CCC2CC1. The van der Waals surface area contributed by atoms with Gasteiger partial charge in [0.25, 0.3) is 0 Å². The van der Waals surface area contributed by atoms with E-state index in [1.54, 1.807) is 44.9 Å². The molecule has 17 heavy (non-hydrogen) atoms. The molecule has 2 bridgehead atoms. The zero-order chi connectivity index (χ0) is 12.1. The number of rotatable bonds is 0. The van der Waals surface area contributed by atoms with Crippen LogP contribution in [0.25, 0.3) is 0 Å². The molecule has 4 rings (SSSR count). The molecule has 0 aromatic heterocycles. The fraction of sp³-hybridized carbons (Fsp3) is 1.00. The molecule has 0 atom stereocenters. The van der Waals surface area contributed by atoms with Crippen molar-refractivity contribution in [3.05, 3.63) is 0 Å². The maximum absolute atomic E-state index is 2.45. The van der Waals surface area contributed by atoms with Gasteiger partial charge in [-0.05, 0) is 73.5 Å². The van der Waals surface area contributed by atoms with E-state index < -0.39 is 0 Å². The molecule has 0 unspecified atom stereocenters. The van der Waals surface area contributed by atoms with Gasteiger partial charge >= 0.3 is 0 Å². The van der Waals surface area contributed by atoms with Crippen LogP contribution in [0.3, 0.4) is 0 Å². The van der Waals surface area contributed by atoms with Crippen molar-refractivity contribution in [1.82, 2.24) is 0 Å². The predicted octanol–water partition coefficient (Wildman–Crippen LogP) is 5.42. The van der Waals surface area contributed by atoms with E-state index in [-0.39, 0.29) is 0 Å². The Labute approximate surface area is 108 Å². The smallest absolute Gasteiger partial charge is 0.0266 e.